The van der Waals surface area contributed by atoms with Gasteiger partial charge in [-0.05, 0) is 49.1 Å². The number of hydrogen-bond donors (Lipinski definition) is 2. The average molecular weight is 355 g/mol. The lowest BCUT2D eigenvalue weighted by Gasteiger charge is -2.15. The van der Waals surface area contributed by atoms with Gasteiger partial charge in [0.1, 0.15) is 5.82 Å². The third kappa shape index (κ3) is 2.28. The van der Waals surface area contributed by atoms with Crippen LogP contribution in [0.15, 0.2) is 30.5 Å². The minimum atomic E-state index is -0.315. The highest BCUT2D eigenvalue weighted by molar-refractivity contribution is 8.01. The number of benzene rings is 2. The molecule has 0 bridgehead atoms. The molecule has 128 valence electrons. The third-order valence-electron chi connectivity index (χ3n) is 4.73. The summed E-state index contributed by atoms with van der Waals surface area (Å²) in [5, 5.41) is 1.15. The van der Waals surface area contributed by atoms with Gasteiger partial charge >= 0.3 is 0 Å². The molecule has 6 heteroatoms. The number of carbonyl (C=O) groups excluding carboxylic acids is 1. The largest absolute Gasteiger partial charge is 0.361 e. The molecule has 0 spiro atoms. The zero-order valence-electron chi connectivity index (χ0n) is 14.0. The molecule has 0 saturated heterocycles. The summed E-state index contributed by atoms with van der Waals surface area (Å²) in [5.41, 5.74) is 10.8. The van der Waals surface area contributed by atoms with Gasteiger partial charge in [-0.1, -0.05) is 12.1 Å². The first kappa shape index (κ1) is 16.2. The van der Waals surface area contributed by atoms with E-state index < -0.39 is 0 Å². The Labute approximate surface area is 149 Å². The van der Waals surface area contributed by atoms with E-state index in [0.717, 1.165) is 28.1 Å². The van der Waals surface area contributed by atoms with E-state index in [1.54, 1.807) is 16.4 Å². The van der Waals surface area contributed by atoms with Crippen molar-refractivity contribution in [2.24, 2.45) is 5.73 Å². The van der Waals surface area contributed by atoms with E-state index in [1.807, 2.05) is 26.1 Å². The van der Waals surface area contributed by atoms with E-state index in [2.05, 4.69) is 4.98 Å². The number of hydrogen-bond acceptors (Lipinski definition) is 3. The molecule has 25 heavy (non-hydrogen) atoms. The van der Waals surface area contributed by atoms with Gasteiger partial charge in [-0.3, -0.25) is 4.79 Å². The van der Waals surface area contributed by atoms with Gasteiger partial charge in [-0.15, -0.1) is 0 Å². The van der Waals surface area contributed by atoms with Gasteiger partial charge in [-0.25, -0.2) is 8.70 Å². The van der Waals surface area contributed by atoms with Crippen LogP contribution in [0, 0.1) is 19.7 Å². The molecule has 4 nitrogen and oxygen atoms in total. The first-order valence-electron chi connectivity index (χ1n) is 8.12. The molecule has 0 fully saturated rings. The Bertz CT molecular complexity index is 1010. The fourth-order valence-corrected chi connectivity index (χ4v) is 4.14. The lowest BCUT2D eigenvalue weighted by atomic mass is 9.96. The SMILES string of the molecule is Cc1c[nH]c(-c2ccc3c(F)ccc4c3c2C(=O)N4SCCN)c1C. The molecule has 1 aromatic heterocycles. The Balaban J connectivity index is 2.01. The fourth-order valence-electron chi connectivity index (χ4n) is 3.35. The number of nitrogens with zero attached hydrogens (tertiary/aromatic N) is 1. The number of rotatable bonds is 4. The van der Waals surface area contributed by atoms with Crippen molar-refractivity contribution in [3.63, 3.8) is 0 Å². The van der Waals surface area contributed by atoms with Crippen LogP contribution in [0.4, 0.5) is 10.1 Å². The Morgan fingerprint density at radius 3 is 2.72 bits per heavy atom. The van der Waals surface area contributed by atoms with Crippen LogP contribution in [-0.4, -0.2) is 23.2 Å². The maximum absolute atomic E-state index is 14.3. The second kappa shape index (κ2) is 5.89. The van der Waals surface area contributed by atoms with Crippen LogP contribution in [-0.2, 0) is 0 Å². The number of aryl methyl sites for hydroxylation is 1. The summed E-state index contributed by atoms with van der Waals surface area (Å²) < 4.78 is 16.0. The molecule has 0 atom stereocenters. The molecule has 4 rings (SSSR count). The Hall–Kier alpha value is -2.31. The summed E-state index contributed by atoms with van der Waals surface area (Å²) in [5.74, 6) is 0.185. The van der Waals surface area contributed by atoms with Gasteiger partial charge in [0.25, 0.3) is 5.91 Å². The minimum Gasteiger partial charge on any atom is -0.361 e. The normalized spacial score (nSPS) is 13.3. The zero-order chi connectivity index (χ0) is 17.7. The predicted molar refractivity (Wildman–Crippen MR) is 101 cm³/mol. The molecule has 0 aliphatic carbocycles. The number of nitrogens with one attached hydrogen (secondary N) is 1. The van der Waals surface area contributed by atoms with E-state index in [9.17, 15) is 9.18 Å². The van der Waals surface area contributed by atoms with Crippen LogP contribution in [0.25, 0.3) is 22.0 Å². The van der Waals surface area contributed by atoms with Gasteiger partial charge in [-0.2, -0.15) is 0 Å². The van der Waals surface area contributed by atoms with Crippen molar-refractivity contribution in [3.8, 4) is 11.3 Å². The first-order chi connectivity index (χ1) is 12.0. The maximum Gasteiger partial charge on any atom is 0.269 e. The number of nitrogens with two attached hydrogens (primary N) is 1. The monoisotopic (exact) mass is 355 g/mol. The number of H-pyrrole nitrogens is 1. The van der Waals surface area contributed by atoms with Crippen molar-refractivity contribution in [3.05, 3.63) is 53.0 Å². The van der Waals surface area contributed by atoms with Crippen LogP contribution in [0.2, 0.25) is 0 Å². The fraction of sp³-hybridized carbons (Fsp3) is 0.211. The number of anilines is 1. The minimum absolute atomic E-state index is 0.119. The van der Waals surface area contributed by atoms with Gasteiger partial charge in [0, 0.05) is 40.5 Å². The number of carbonyl (C=O) groups is 1. The summed E-state index contributed by atoms with van der Waals surface area (Å²) in [4.78, 5) is 16.4. The lowest BCUT2D eigenvalue weighted by Crippen LogP contribution is -2.21. The van der Waals surface area contributed by atoms with Gasteiger partial charge in [0.05, 0.1) is 11.3 Å². The molecule has 0 unspecified atom stereocenters. The summed E-state index contributed by atoms with van der Waals surface area (Å²) in [6.45, 7) is 4.51. The van der Waals surface area contributed by atoms with E-state index in [1.165, 1.54) is 18.0 Å². The van der Waals surface area contributed by atoms with Crippen LogP contribution in [0.3, 0.4) is 0 Å². The van der Waals surface area contributed by atoms with E-state index in [-0.39, 0.29) is 11.7 Å². The molecule has 0 radical (unpaired) electrons. The van der Waals surface area contributed by atoms with E-state index in [4.69, 9.17) is 5.73 Å². The smallest absolute Gasteiger partial charge is 0.269 e. The molecule has 0 saturated carbocycles. The van der Waals surface area contributed by atoms with Crippen LogP contribution in [0.5, 0.6) is 0 Å². The average Bonchev–Trinajstić information content (AvgIpc) is 3.08. The molecule has 3 N–H and O–H groups in total. The number of amides is 1. The molecular weight excluding hydrogens is 337 g/mol. The Kier molecular flexibility index (Phi) is 3.81. The molecule has 1 aliphatic rings. The first-order valence-corrected chi connectivity index (χ1v) is 9.06. The number of aromatic nitrogens is 1. The second-order valence-corrected chi connectivity index (χ2v) is 7.20. The predicted octanol–water partition coefficient (Wildman–Crippen LogP) is 4.16. The molecule has 1 aliphatic heterocycles. The summed E-state index contributed by atoms with van der Waals surface area (Å²) >= 11 is 1.37. The van der Waals surface area contributed by atoms with Crippen molar-refractivity contribution >= 4 is 34.3 Å². The molecule has 1 amide bonds. The summed E-state index contributed by atoms with van der Waals surface area (Å²) in [6, 6.07) is 6.68. The number of halogens is 1. The Morgan fingerprint density at radius 2 is 2.04 bits per heavy atom. The maximum atomic E-state index is 14.3. The van der Waals surface area contributed by atoms with Crippen molar-refractivity contribution < 1.29 is 9.18 Å². The molecule has 2 heterocycles. The van der Waals surface area contributed by atoms with Crippen molar-refractivity contribution in [1.82, 2.24) is 4.98 Å². The second-order valence-electron chi connectivity index (χ2n) is 6.17. The molecule has 3 aromatic rings. The zero-order valence-corrected chi connectivity index (χ0v) is 14.8. The van der Waals surface area contributed by atoms with E-state index >= 15 is 0 Å². The third-order valence-corrected chi connectivity index (χ3v) is 5.77. The van der Waals surface area contributed by atoms with Crippen molar-refractivity contribution in [2.75, 3.05) is 16.6 Å². The van der Waals surface area contributed by atoms with Gasteiger partial charge < -0.3 is 10.7 Å². The lowest BCUT2D eigenvalue weighted by molar-refractivity contribution is 0.101. The summed E-state index contributed by atoms with van der Waals surface area (Å²) in [7, 11) is 0. The number of aromatic amines is 1. The van der Waals surface area contributed by atoms with Gasteiger partial charge in [0.2, 0.25) is 0 Å². The van der Waals surface area contributed by atoms with Crippen LogP contribution >= 0.6 is 11.9 Å². The standard InChI is InChI=1S/C19H18FN3OS/c1-10-9-22-18(11(10)2)13-4-3-12-14(20)5-6-15-16(12)17(13)19(24)23(15)25-8-7-21/h3-6,9,22H,7-8,21H2,1-2H3. The highest BCUT2D eigenvalue weighted by Crippen LogP contribution is 2.45. The van der Waals surface area contributed by atoms with Crippen LogP contribution in [0.1, 0.15) is 21.5 Å². The quantitative estimate of drug-likeness (QED) is 0.691. The van der Waals surface area contributed by atoms with Gasteiger partial charge in [0.15, 0.2) is 0 Å². The van der Waals surface area contributed by atoms with Crippen molar-refractivity contribution in [1.29, 1.82) is 0 Å². The van der Waals surface area contributed by atoms with Crippen LogP contribution < -0.4 is 10.0 Å². The highest BCUT2D eigenvalue weighted by atomic mass is 32.2. The highest BCUT2D eigenvalue weighted by Gasteiger charge is 2.34. The Morgan fingerprint density at radius 1 is 1.24 bits per heavy atom. The van der Waals surface area contributed by atoms with E-state index in [0.29, 0.717) is 28.6 Å². The molecule has 2 aromatic carbocycles. The molecular formula is C19H18FN3OS. The summed E-state index contributed by atoms with van der Waals surface area (Å²) in [6.07, 6.45) is 1.93. The topological polar surface area (TPSA) is 62.1 Å². The van der Waals surface area contributed by atoms with Crippen molar-refractivity contribution in [2.45, 2.75) is 13.8 Å².